The van der Waals surface area contributed by atoms with Gasteiger partial charge in [-0.15, -0.1) is 0 Å². The van der Waals surface area contributed by atoms with Crippen LogP contribution in [0.4, 0.5) is 0 Å². The van der Waals surface area contributed by atoms with Crippen LogP contribution in [-0.4, -0.2) is 60.2 Å². The van der Waals surface area contributed by atoms with E-state index >= 15 is 0 Å². The highest BCUT2D eigenvalue weighted by Gasteiger charge is 2.49. The second kappa shape index (κ2) is 8.63. The molecule has 3 unspecified atom stereocenters. The van der Waals surface area contributed by atoms with Crippen molar-refractivity contribution in [1.82, 2.24) is 0 Å². The summed E-state index contributed by atoms with van der Waals surface area (Å²) in [5, 5.41) is 0. The highest BCUT2D eigenvalue weighted by molar-refractivity contribution is 14.1. The molecule has 1 fully saturated rings. The molecule has 126 valence electrons. The van der Waals surface area contributed by atoms with Crippen LogP contribution in [0.5, 0.6) is 0 Å². The lowest BCUT2D eigenvalue weighted by Crippen LogP contribution is -2.59. The molecule has 0 aliphatic carbocycles. The maximum Gasteiger partial charge on any atom is 0.303 e. The molecule has 1 rings (SSSR count). The first-order valence-electron chi connectivity index (χ1n) is 6.56. The Kier molecular flexibility index (Phi) is 7.49. The number of halogens is 1. The molecule has 0 radical (unpaired) electrons. The van der Waals surface area contributed by atoms with Crippen LogP contribution in [0.15, 0.2) is 0 Å². The van der Waals surface area contributed by atoms with Gasteiger partial charge >= 0.3 is 17.9 Å². The molecule has 0 aromatic heterocycles. The second-order valence-corrected chi connectivity index (χ2v) is 6.11. The number of alkyl halides is 1. The molecular formula is C13H19IO8. The number of hydrogen-bond acceptors (Lipinski definition) is 8. The zero-order valence-corrected chi connectivity index (χ0v) is 14.9. The summed E-state index contributed by atoms with van der Waals surface area (Å²) in [4.78, 5) is 33.5. The van der Waals surface area contributed by atoms with Crippen LogP contribution in [0.25, 0.3) is 0 Å². The van der Waals surface area contributed by atoms with Crippen LogP contribution in [-0.2, 0) is 38.1 Å². The van der Waals surface area contributed by atoms with E-state index in [1.807, 2.05) is 22.6 Å². The molecule has 5 atom stereocenters. The van der Waals surface area contributed by atoms with E-state index in [4.69, 9.17) is 23.7 Å². The fourth-order valence-electron chi connectivity index (χ4n) is 2.03. The molecule has 8 nitrogen and oxygen atoms in total. The summed E-state index contributed by atoms with van der Waals surface area (Å²) in [5.74, 6) is -1.52. The molecule has 1 aliphatic rings. The van der Waals surface area contributed by atoms with Gasteiger partial charge in [0.2, 0.25) is 0 Å². The van der Waals surface area contributed by atoms with Crippen LogP contribution < -0.4 is 0 Å². The second-order valence-electron chi connectivity index (χ2n) is 4.67. The minimum absolute atomic E-state index is 0.0205. The summed E-state index contributed by atoms with van der Waals surface area (Å²) >= 11 is 2.01. The SMILES string of the molecule is CO[C@H]1OC(COC(C)=O)[C@H](I)C(OC(C)=O)C1OC(C)=O. The van der Waals surface area contributed by atoms with Crippen LogP contribution in [0.3, 0.4) is 0 Å². The number of ether oxygens (including phenoxy) is 5. The van der Waals surface area contributed by atoms with Gasteiger partial charge in [-0.2, -0.15) is 0 Å². The van der Waals surface area contributed by atoms with E-state index in [0.717, 1.165) is 0 Å². The molecular weight excluding hydrogens is 411 g/mol. The number of methoxy groups -OCH3 is 1. The zero-order valence-electron chi connectivity index (χ0n) is 12.7. The minimum atomic E-state index is -0.931. The van der Waals surface area contributed by atoms with Crippen molar-refractivity contribution >= 4 is 40.5 Å². The van der Waals surface area contributed by atoms with E-state index in [9.17, 15) is 14.4 Å². The highest BCUT2D eigenvalue weighted by Crippen LogP contribution is 2.31. The van der Waals surface area contributed by atoms with Crippen molar-refractivity contribution in [2.24, 2.45) is 0 Å². The summed E-state index contributed by atoms with van der Waals surface area (Å²) in [6.07, 6.45) is -3.17. The van der Waals surface area contributed by atoms with Crippen molar-refractivity contribution < 1.29 is 38.1 Å². The Balaban J connectivity index is 2.95. The highest BCUT2D eigenvalue weighted by atomic mass is 127. The normalized spacial score (nSPS) is 31.2. The maximum atomic E-state index is 11.3. The standard InChI is InChI=1S/C13H19IO8/c1-6(15)19-5-9-10(14)11(20-7(2)16)12(21-8(3)17)13(18-4)22-9/h9-13H,5H2,1-4H3/t9?,10-,11?,12?,13-/m0/s1. The van der Waals surface area contributed by atoms with Crippen molar-refractivity contribution in [2.75, 3.05) is 13.7 Å². The summed E-state index contributed by atoms with van der Waals surface area (Å²) in [6.45, 7) is 3.76. The lowest BCUT2D eigenvalue weighted by molar-refractivity contribution is -0.267. The van der Waals surface area contributed by atoms with E-state index in [-0.39, 0.29) is 6.61 Å². The molecule has 0 amide bonds. The Bertz CT molecular complexity index is 426. The Morgan fingerprint density at radius 2 is 1.55 bits per heavy atom. The first-order chi connectivity index (χ1) is 10.3. The Hall–Kier alpha value is -0.940. The first kappa shape index (κ1) is 19.1. The molecule has 0 aromatic carbocycles. The molecule has 1 aliphatic heterocycles. The Labute approximate surface area is 141 Å². The fourth-order valence-corrected chi connectivity index (χ4v) is 2.96. The van der Waals surface area contributed by atoms with Crippen molar-refractivity contribution in [2.45, 2.75) is 49.3 Å². The fraction of sp³-hybridized carbons (Fsp3) is 0.769. The van der Waals surface area contributed by atoms with Crippen LogP contribution >= 0.6 is 22.6 Å². The quantitative estimate of drug-likeness (QED) is 0.271. The molecule has 0 spiro atoms. The third-order valence-corrected chi connectivity index (χ3v) is 4.37. The Morgan fingerprint density at radius 1 is 1.00 bits per heavy atom. The molecule has 0 saturated carbocycles. The minimum Gasteiger partial charge on any atom is -0.463 e. The predicted molar refractivity (Wildman–Crippen MR) is 81.2 cm³/mol. The largest absolute Gasteiger partial charge is 0.463 e. The van der Waals surface area contributed by atoms with Crippen molar-refractivity contribution in [1.29, 1.82) is 0 Å². The zero-order chi connectivity index (χ0) is 16.9. The van der Waals surface area contributed by atoms with Crippen LogP contribution in [0.2, 0.25) is 0 Å². The van der Waals surface area contributed by atoms with Gasteiger partial charge in [0.25, 0.3) is 0 Å². The summed E-state index contributed by atoms with van der Waals surface area (Å²) in [6, 6.07) is 0. The molecule has 9 heteroatoms. The predicted octanol–water partition coefficient (Wildman–Crippen LogP) is 0.588. The molecule has 0 N–H and O–H groups in total. The number of carbonyl (C=O) groups excluding carboxylic acids is 3. The monoisotopic (exact) mass is 430 g/mol. The summed E-state index contributed by atoms with van der Waals surface area (Å²) < 4.78 is 25.8. The number of esters is 3. The van der Waals surface area contributed by atoms with Gasteiger partial charge in [0.1, 0.15) is 12.7 Å². The van der Waals surface area contributed by atoms with Gasteiger partial charge < -0.3 is 23.7 Å². The van der Waals surface area contributed by atoms with Crippen LogP contribution in [0, 0.1) is 0 Å². The summed E-state index contributed by atoms with van der Waals surface area (Å²) in [7, 11) is 1.38. The van der Waals surface area contributed by atoms with Crippen LogP contribution in [0.1, 0.15) is 20.8 Å². The lowest BCUT2D eigenvalue weighted by Gasteiger charge is -2.42. The smallest absolute Gasteiger partial charge is 0.303 e. The van der Waals surface area contributed by atoms with Gasteiger partial charge in [-0.1, -0.05) is 22.6 Å². The molecule has 22 heavy (non-hydrogen) atoms. The van der Waals surface area contributed by atoms with Gasteiger partial charge in [-0.05, 0) is 0 Å². The molecule has 0 aromatic rings. The van der Waals surface area contributed by atoms with Gasteiger partial charge in [0.05, 0.1) is 3.92 Å². The van der Waals surface area contributed by atoms with E-state index in [0.29, 0.717) is 0 Å². The maximum absolute atomic E-state index is 11.3. The first-order valence-corrected chi connectivity index (χ1v) is 7.81. The average molecular weight is 430 g/mol. The van der Waals surface area contributed by atoms with Gasteiger partial charge in [0, 0.05) is 27.9 Å². The summed E-state index contributed by atoms with van der Waals surface area (Å²) in [5.41, 5.74) is 0. The number of carbonyl (C=O) groups is 3. The van der Waals surface area contributed by atoms with Crippen molar-refractivity contribution in [3.63, 3.8) is 0 Å². The molecule has 0 bridgehead atoms. The average Bonchev–Trinajstić information content (AvgIpc) is 2.41. The van der Waals surface area contributed by atoms with Crippen molar-refractivity contribution in [3.05, 3.63) is 0 Å². The lowest BCUT2D eigenvalue weighted by atomic mass is 10.0. The third kappa shape index (κ3) is 5.36. The third-order valence-electron chi connectivity index (χ3n) is 2.86. The van der Waals surface area contributed by atoms with E-state index in [2.05, 4.69) is 0 Å². The molecule has 1 saturated heterocycles. The van der Waals surface area contributed by atoms with E-state index < -0.39 is 46.4 Å². The van der Waals surface area contributed by atoms with Gasteiger partial charge in [-0.25, -0.2) is 0 Å². The number of rotatable bonds is 5. The van der Waals surface area contributed by atoms with E-state index in [1.54, 1.807) is 0 Å². The molecule has 1 heterocycles. The number of hydrogen-bond donors (Lipinski definition) is 0. The topological polar surface area (TPSA) is 97.4 Å². The van der Waals surface area contributed by atoms with Gasteiger partial charge in [0.15, 0.2) is 18.5 Å². The van der Waals surface area contributed by atoms with E-state index in [1.165, 1.54) is 27.9 Å². The Morgan fingerprint density at radius 3 is 2.00 bits per heavy atom. The van der Waals surface area contributed by atoms with Gasteiger partial charge in [-0.3, -0.25) is 14.4 Å². The van der Waals surface area contributed by atoms with Crippen molar-refractivity contribution in [3.8, 4) is 0 Å².